The molecule has 1 aliphatic carbocycles. The molecule has 1 aliphatic rings. The SMILES string of the molecule is CC(CO)(NC(=O)Cn1cc(Br)ccc1=O)C1CC1. The second-order valence-corrected chi connectivity index (χ2v) is 6.13. The van der Waals surface area contributed by atoms with Crippen LogP contribution in [0, 0.1) is 5.92 Å². The van der Waals surface area contributed by atoms with Gasteiger partial charge in [0.1, 0.15) is 6.54 Å². The normalized spacial score (nSPS) is 17.8. The summed E-state index contributed by atoms with van der Waals surface area (Å²) in [5.41, 5.74) is -0.803. The largest absolute Gasteiger partial charge is 0.394 e. The number of nitrogens with one attached hydrogen (secondary N) is 1. The molecule has 2 rings (SSSR count). The van der Waals surface area contributed by atoms with Gasteiger partial charge < -0.3 is 15.0 Å². The fourth-order valence-electron chi connectivity index (χ4n) is 2.13. The van der Waals surface area contributed by atoms with Crippen molar-refractivity contribution in [3.8, 4) is 0 Å². The first-order valence-electron chi connectivity index (χ1n) is 6.22. The number of amides is 1. The number of hydrogen-bond acceptors (Lipinski definition) is 3. The maximum atomic E-state index is 12.0. The lowest BCUT2D eigenvalue weighted by molar-refractivity contribution is -0.124. The molecule has 5 nitrogen and oxygen atoms in total. The summed E-state index contributed by atoms with van der Waals surface area (Å²) in [5.74, 6) is 0.0735. The molecule has 0 spiro atoms. The Hall–Kier alpha value is -1.14. The number of halogens is 1. The zero-order valence-corrected chi connectivity index (χ0v) is 12.3. The van der Waals surface area contributed by atoms with E-state index in [0.29, 0.717) is 5.92 Å². The highest BCUT2D eigenvalue weighted by molar-refractivity contribution is 9.10. The number of aliphatic hydroxyl groups is 1. The minimum Gasteiger partial charge on any atom is -0.394 e. The Morgan fingerprint density at radius 1 is 1.58 bits per heavy atom. The average Bonchev–Trinajstić information content (AvgIpc) is 3.18. The van der Waals surface area contributed by atoms with Crippen molar-refractivity contribution in [1.82, 2.24) is 9.88 Å². The molecule has 1 saturated carbocycles. The lowest BCUT2D eigenvalue weighted by Gasteiger charge is -2.28. The van der Waals surface area contributed by atoms with E-state index < -0.39 is 5.54 Å². The topological polar surface area (TPSA) is 71.3 Å². The Balaban J connectivity index is 2.05. The van der Waals surface area contributed by atoms with Crippen LogP contribution in [0.4, 0.5) is 0 Å². The number of rotatable bonds is 5. The molecular formula is C13H17BrN2O3. The van der Waals surface area contributed by atoms with Crippen molar-refractivity contribution < 1.29 is 9.90 Å². The highest BCUT2D eigenvalue weighted by Crippen LogP contribution is 2.39. The van der Waals surface area contributed by atoms with Gasteiger partial charge in [-0.15, -0.1) is 0 Å². The van der Waals surface area contributed by atoms with Crippen LogP contribution in [-0.2, 0) is 11.3 Å². The van der Waals surface area contributed by atoms with Crippen molar-refractivity contribution in [2.24, 2.45) is 5.92 Å². The molecule has 104 valence electrons. The molecule has 6 heteroatoms. The summed E-state index contributed by atoms with van der Waals surface area (Å²) >= 11 is 3.26. The van der Waals surface area contributed by atoms with Gasteiger partial charge in [0, 0.05) is 16.7 Å². The minimum atomic E-state index is -0.577. The van der Waals surface area contributed by atoms with E-state index in [-0.39, 0.29) is 24.6 Å². The molecule has 1 atom stereocenters. The van der Waals surface area contributed by atoms with Gasteiger partial charge in [0.05, 0.1) is 12.1 Å². The predicted molar refractivity (Wildman–Crippen MR) is 74.8 cm³/mol. The van der Waals surface area contributed by atoms with Crippen molar-refractivity contribution in [3.63, 3.8) is 0 Å². The Bertz CT molecular complexity index is 539. The summed E-state index contributed by atoms with van der Waals surface area (Å²) in [5, 5.41) is 12.3. The third-order valence-corrected chi connectivity index (χ3v) is 3.96. The molecule has 0 aliphatic heterocycles. The lowest BCUT2D eigenvalue weighted by Crippen LogP contribution is -2.52. The summed E-state index contributed by atoms with van der Waals surface area (Å²) in [4.78, 5) is 23.6. The molecule has 2 N–H and O–H groups in total. The molecule has 1 amide bonds. The van der Waals surface area contributed by atoms with E-state index in [1.165, 1.54) is 10.6 Å². The second-order valence-electron chi connectivity index (χ2n) is 5.21. The molecule has 1 heterocycles. The van der Waals surface area contributed by atoms with Crippen molar-refractivity contribution >= 4 is 21.8 Å². The van der Waals surface area contributed by atoms with Crippen LogP contribution < -0.4 is 10.9 Å². The van der Waals surface area contributed by atoms with Crippen molar-refractivity contribution in [2.45, 2.75) is 31.8 Å². The quantitative estimate of drug-likeness (QED) is 0.843. The monoisotopic (exact) mass is 328 g/mol. The number of carbonyl (C=O) groups is 1. The van der Waals surface area contributed by atoms with E-state index in [1.807, 2.05) is 6.92 Å². The third-order valence-electron chi connectivity index (χ3n) is 3.49. The Morgan fingerprint density at radius 3 is 2.84 bits per heavy atom. The van der Waals surface area contributed by atoms with Gasteiger partial charge in [0.2, 0.25) is 5.91 Å². The summed E-state index contributed by atoms with van der Waals surface area (Å²) in [6, 6.07) is 3.04. The second kappa shape index (κ2) is 5.46. The number of aromatic nitrogens is 1. The molecule has 1 unspecified atom stereocenters. The van der Waals surface area contributed by atoms with Gasteiger partial charge in [-0.05, 0) is 47.7 Å². The molecular weight excluding hydrogens is 312 g/mol. The van der Waals surface area contributed by atoms with Gasteiger partial charge in [-0.1, -0.05) is 0 Å². The van der Waals surface area contributed by atoms with Crippen molar-refractivity contribution in [2.75, 3.05) is 6.61 Å². The standard InChI is InChI=1S/C13H17BrN2O3/c1-13(8-17,9-2-3-9)15-11(18)7-16-6-10(14)4-5-12(16)19/h4-6,9,17H,2-3,7-8H2,1H3,(H,15,18). The number of aliphatic hydroxyl groups excluding tert-OH is 1. The highest BCUT2D eigenvalue weighted by Gasteiger charge is 2.42. The summed E-state index contributed by atoms with van der Waals surface area (Å²) in [7, 11) is 0. The van der Waals surface area contributed by atoms with Gasteiger partial charge in [-0.2, -0.15) is 0 Å². The lowest BCUT2D eigenvalue weighted by atomic mass is 9.97. The average molecular weight is 329 g/mol. The van der Waals surface area contributed by atoms with Crippen LogP contribution in [0.1, 0.15) is 19.8 Å². The maximum Gasteiger partial charge on any atom is 0.251 e. The fourth-order valence-corrected chi connectivity index (χ4v) is 2.51. The minimum absolute atomic E-state index is 0.0411. The number of nitrogens with zero attached hydrogens (tertiary/aromatic N) is 1. The third kappa shape index (κ3) is 3.45. The van der Waals surface area contributed by atoms with E-state index in [2.05, 4.69) is 21.2 Å². The zero-order chi connectivity index (χ0) is 14.0. The molecule has 0 saturated heterocycles. The summed E-state index contributed by atoms with van der Waals surface area (Å²) < 4.78 is 2.08. The highest BCUT2D eigenvalue weighted by atomic mass is 79.9. The van der Waals surface area contributed by atoms with Crippen molar-refractivity contribution in [3.05, 3.63) is 33.2 Å². The fraction of sp³-hybridized carbons (Fsp3) is 0.538. The van der Waals surface area contributed by atoms with Gasteiger partial charge in [0.25, 0.3) is 5.56 Å². The van der Waals surface area contributed by atoms with Gasteiger partial charge in [-0.3, -0.25) is 9.59 Å². The van der Waals surface area contributed by atoms with Gasteiger partial charge >= 0.3 is 0 Å². The van der Waals surface area contributed by atoms with Gasteiger partial charge in [0.15, 0.2) is 0 Å². The predicted octanol–water partition coefficient (Wildman–Crippen LogP) is 0.888. The van der Waals surface area contributed by atoms with Crippen LogP contribution in [0.5, 0.6) is 0 Å². The molecule has 0 radical (unpaired) electrons. The van der Waals surface area contributed by atoms with Crippen LogP contribution >= 0.6 is 15.9 Å². The van der Waals surface area contributed by atoms with E-state index in [0.717, 1.165) is 17.3 Å². The Kier molecular flexibility index (Phi) is 4.10. The summed E-state index contributed by atoms with van der Waals surface area (Å²) in [6.45, 7) is 1.71. The van der Waals surface area contributed by atoms with Crippen LogP contribution in [0.3, 0.4) is 0 Å². The first-order valence-corrected chi connectivity index (χ1v) is 7.02. The molecule has 19 heavy (non-hydrogen) atoms. The molecule has 1 fully saturated rings. The molecule has 1 aromatic heterocycles. The van der Waals surface area contributed by atoms with E-state index in [1.54, 1.807) is 12.3 Å². The van der Waals surface area contributed by atoms with E-state index in [4.69, 9.17) is 0 Å². The zero-order valence-electron chi connectivity index (χ0n) is 10.7. The number of hydrogen-bond donors (Lipinski definition) is 2. The maximum absolute atomic E-state index is 12.0. The van der Waals surface area contributed by atoms with E-state index in [9.17, 15) is 14.7 Å². The first-order chi connectivity index (χ1) is 8.94. The van der Waals surface area contributed by atoms with Gasteiger partial charge in [-0.25, -0.2) is 0 Å². The first kappa shape index (κ1) is 14.3. The van der Waals surface area contributed by atoms with E-state index >= 15 is 0 Å². The smallest absolute Gasteiger partial charge is 0.251 e. The van der Waals surface area contributed by atoms with Crippen LogP contribution in [-0.4, -0.2) is 27.7 Å². The number of carbonyl (C=O) groups excluding carboxylic acids is 1. The molecule has 1 aromatic rings. The molecule has 0 bridgehead atoms. The van der Waals surface area contributed by atoms with Crippen molar-refractivity contribution in [1.29, 1.82) is 0 Å². The van der Waals surface area contributed by atoms with Crippen LogP contribution in [0.15, 0.2) is 27.6 Å². The Labute approximate surface area is 119 Å². The molecule has 0 aromatic carbocycles. The van der Waals surface area contributed by atoms with Crippen LogP contribution in [0.25, 0.3) is 0 Å². The number of pyridine rings is 1. The Morgan fingerprint density at radius 2 is 2.26 bits per heavy atom. The van der Waals surface area contributed by atoms with Crippen LogP contribution in [0.2, 0.25) is 0 Å². The summed E-state index contributed by atoms with van der Waals surface area (Å²) in [6.07, 6.45) is 3.62.